The minimum Gasteiger partial charge on any atom is -0.490 e. The van der Waals surface area contributed by atoms with Crippen molar-refractivity contribution in [3.63, 3.8) is 0 Å². The fraction of sp³-hybridized carbons (Fsp3) is 0.714. The molecule has 0 aliphatic heterocycles. The number of ether oxygens (including phenoxy) is 2. The van der Waals surface area contributed by atoms with Gasteiger partial charge in [0.05, 0.1) is 13.2 Å². The van der Waals surface area contributed by atoms with Gasteiger partial charge in [0.2, 0.25) is 11.6 Å². The van der Waals surface area contributed by atoms with Crippen molar-refractivity contribution in [1.82, 2.24) is 0 Å². The molecular weight excluding hydrogens is 322 g/mol. The second-order valence-electron chi connectivity index (χ2n) is 7.23. The molecule has 0 aromatic heterocycles. The zero-order valence-electron chi connectivity index (χ0n) is 15.7. The van der Waals surface area contributed by atoms with Gasteiger partial charge >= 0.3 is 0 Å². The zero-order chi connectivity index (χ0) is 18.1. The van der Waals surface area contributed by atoms with Gasteiger partial charge in [-0.05, 0) is 43.2 Å². The molecule has 25 heavy (non-hydrogen) atoms. The monoisotopic (exact) mass is 354 g/mol. The lowest BCUT2D eigenvalue weighted by Crippen LogP contribution is -2.20. The molecule has 0 atom stereocenters. The van der Waals surface area contributed by atoms with E-state index in [9.17, 15) is 8.78 Å². The van der Waals surface area contributed by atoms with Crippen LogP contribution < -0.4 is 9.47 Å². The Balaban J connectivity index is 1.81. The highest BCUT2D eigenvalue weighted by molar-refractivity contribution is 5.35. The quantitative estimate of drug-likeness (QED) is 0.445. The molecule has 0 saturated heterocycles. The van der Waals surface area contributed by atoms with Crippen LogP contribution in [0.3, 0.4) is 0 Å². The molecule has 0 bridgehead atoms. The Kier molecular flexibility index (Phi) is 8.50. The summed E-state index contributed by atoms with van der Waals surface area (Å²) in [6.07, 6.45) is 10.2. The maximum atomic E-state index is 14.2. The maximum absolute atomic E-state index is 14.2. The molecule has 142 valence electrons. The summed E-state index contributed by atoms with van der Waals surface area (Å²) in [6, 6.07) is 2.95. The molecule has 0 unspecified atom stereocenters. The molecule has 0 radical (unpaired) electrons. The Bertz CT molecular complexity index is 511. The summed E-state index contributed by atoms with van der Waals surface area (Å²) in [5.74, 6) is -0.636. The lowest BCUT2D eigenvalue weighted by molar-refractivity contribution is 0.172. The van der Waals surface area contributed by atoms with E-state index in [0.29, 0.717) is 19.1 Å². The first-order chi connectivity index (χ1) is 12.2. The largest absolute Gasteiger partial charge is 0.490 e. The predicted octanol–water partition coefficient (Wildman–Crippen LogP) is 6.52. The summed E-state index contributed by atoms with van der Waals surface area (Å²) in [7, 11) is 0. The van der Waals surface area contributed by atoms with Gasteiger partial charge in [0.1, 0.15) is 0 Å². The second-order valence-corrected chi connectivity index (χ2v) is 7.23. The molecule has 1 fully saturated rings. The van der Waals surface area contributed by atoms with Gasteiger partial charge in [-0.3, -0.25) is 0 Å². The number of halogens is 2. The minimum absolute atomic E-state index is 0.00547. The van der Waals surface area contributed by atoms with Gasteiger partial charge in [0.25, 0.3) is 0 Å². The van der Waals surface area contributed by atoms with E-state index in [0.717, 1.165) is 38.0 Å². The SMILES string of the molecule is CCCCCOc1ccc(OCC2CCC(CCC)CC2)c(F)c1F. The lowest BCUT2D eigenvalue weighted by Gasteiger charge is -2.28. The number of hydrogen-bond donors (Lipinski definition) is 0. The van der Waals surface area contributed by atoms with Crippen molar-refractivity contribution in [2.45, 2.75) is 71.6 Å². The molecule has 4 heteroatoms. The first kappa shape index (κ1) is 20.0. The van der Waals surface area contributed by atoms with Crippen LogP contribution in [0.2, 0.25) is 0 Å². The standard InChI is InChI=1S/C21H32F2O2/c1-3-5-6-14-24-18-12-13-19(21(23)20(18)22)25-15-17-10-8-16(7-4-2)9-11-17/h12-13,16-17H,3-11,14-15H2,1-2H3. The van der Waals surface area contributed by atoms with E-state index in [2.05, 4.69) is 13.8 Å². The average Bonchev–Trinajstić information content (AvgIpc) is 2.63. The lowest BCUT2D eigenvalue weighted by atomic mass is 9.80. The molecular formula is C21H32F2O2. The van der Waals surface area contributed by atoms with E-state index in [4.69, 9.17) is 9.47 Å². The summed E-state index contributed by atoms with van der Waals surface area (Å²) < 4.78 is 39.2. The summed E-state index contributed by atoms with van der Waals surface area (Å²) in [4.78, 5) is 0. The van der Waals surface area contributed by atoms with Crippen LogP contribution in [0.4, 0.5) is 8.78 Å². The average molecular weight is 354 g/mol. The van der Waals surface area contributed by atoms with E-state index in [1.165, 1.54) is 37.8 Å². The normalized spacial score (nSPS) is 20.5. The van der Waals surface area contributed by atoms with Crippen molar-refractivity contribution in [1.29, 1.82) is 0 Å². The molecule has 2 nitrogen and oxygen atoms in total. The first-order valence-electron chi connectivity index (χ1n) is 9.89. The molecule has 1 aliphatic rings. The van der Waals surface area contributed by atoms with E-state index >= 15 is 0 Å². The second kappa shape index (κ2) is 10.6. The van der Waals surface area contributed by atoms with E-state index in [-0.39, 0.29) is 11.5 Å². The number of benzene rings is 1. The van der Waals surface area contributed by atoms with Crippen LogP contribution in [0.25, 0.3) is 0 Å². The Morgan fingerprint density at radius 3 is 2.04 bits per heavy atom. The summed E-state index contributed by atoms with van der Waals surface area (Å²) >= 11 is 0. The Labute approximate surface area is 150 Å². The van der Waals surface area contributed by atoms with Crippen molar-refractivity contribution in [2.24, 2.45) is 11.8 Å². The molecule has 1 aliphatic carbocycles. The Hall–Kier alpha value is -1.32. The maximum Gasteiger partial charge on any atom is 0.204 e. The number of hydrogen-bond acceptors (Lipinski definition) is 2. The van der Waals surface area contributed by atoms with Crippen LogP contribution in [-0.4, -0.2) is 13.2 Å². The molecule has 1 aromatic carbocycles. The van der Waals surface area contributed by atoms with Crippen LogP contribution in [0.1, 0.15) is 71.6 Å². The Morgan fingerprint density at radius 1 is 0.840 bits per heavy atom. The van der Waals surface area contributed by atoms with Gasteiger partial charge < -0.3 is 9.47 Å². The van der Waals surface area contributed by atoms with Crippen LogP contribution in [-0.2, 0) is 0 Å². The van der Waals surface area contributed by atoms with Crippen molar-refractivity contribution >= 4 is 0 Å². The van der Waals surface area contributed by atoms with Crippen LogP contribution >= 0.6 is 0 Å². The molecule has 0 heterocycles. The minimum atomic E-state index is -0.944. The van der Waals surface area contributed by atoms with Gasteiger partial charge in [0, 0.05) is 0 Å². The van der Waals surface area contributed by atoms with Gasteiger partial charge in [-0.2, -0.15) is 8.78 Å². The van der Waals surface area contributed by atoms with Gasteiger partial charge in [-0.1, -0.05) is 52.4 Å². The van der Waals surface area contributed by atoms with Crippen molar-refractivity contribution in [2.75, 3.05) is 13.2 Å². The fourth-order valence-corrected chi connectivity index (χ4v) is 3.57. The fourth-order valence-electron chi connectivity index (χ4n) is 3.57. The third-order valence-corrected chi connectivity index (χ3v) is 5.15. The van der Waals surface area contributed by atoms with E-state index in [1.807, 2.05) is 0 Å². The zero-order valence-corrected chi connectivity index (χ0v) is 15.7. The van der Waals surface area contributed by atoms with Gasteiger partial charge in [-0.25, -0.2) is 0 Å². The van der Waals surface area contributed by atoms with Crippen molar-refractivity contribution in [3.8, 4) is 11.5 Å². The van der Waals surface area contributed by atoms with Crippen LogP contribution in [0.15, 0.2) is 12.1 Å². The molecule has 0 spiro atoms. The number of unbranched alkanes of at least 4 members (excludes halogenated alkanes) is 2. The third-order valence-electron chi connectivity index (χ3n) is 5.15. The molecule has 2 rings (SSSR count). The van der Waals surface area contributed by atoms with E-state index < -0.39 is 11.6 Å². The summed E-state index contributed by atoms with van der Waals surface area (Å²) in [5.41, 5.74) is 0. The number of rotatable bonds is 10. The highest BCUT2D eigenvalue weighted by Gasteiger charge is 2.22. The smallest absolute Gasteiger partial charge is 0.204 e. The summed E-state index contributed by atoms with van der Waals surface area (Å²) in [5, 5.41) is 0. The van der Waals surface area contributed by atoms with Crippen LogP contribution in [0, 0.1) is 23.5 Å². The van der Waals surface area contributed by atoms with Crippen LogP contribution in [0.5, 0.6) is 11.5 Å². The van der Waals surface area contributed by atoms with Crippen molar-refractivity contribution in [3.05, 3.63) is 23.8 Å². The molecule has 0 amide bonds. The molecule has 1 aromatic rings. The predicted molar refractivity (Wildman–Crippen MR) is 97.2 cm³/mol. The molecule has 0 N–H and O–H groups in total. The third kappa shape index (κ3) is 6.16. The highest BCUT2D eigenvalue weighted by atomic mass is 19.2. The first-order valence-corrected chi connectivity index (χ1v) is 9.89. The van der Waals surface area contributed by atoms with Gasteiger partial charge in [-0.15, -0.1) is 0 Å². The van der Waals surface area contributed by atoms with Crippen molar-refractivity contribution < 1.29 is 18.3 Å². The Morgan fingerprint density at radius 2 is 1.44 bits per heavy atom. The highest BCUT2D eigenvalue weighted by Crippen LogP contribution is 2.33. The molecule has 1 saturated carbocycles. The van der Waals surface area contributed by atoms with E-state index in [1.54, 1.807) is 0 Å². The summed E-state index contributed by atoms with van der Waals surface area (Å²) in [6.45, 7) is 5.18. The topological polar surface area (TPSA) is 18.5 Å². The van der Waals surface area contributed by atoms with Gasteiger partial charge in [0.15, 0.2) is 11.5 Å².